The molecular weight excluding hydrogens is 389 g/mol. The Bertz CT molecular complexity index is 987. The molecule has 2 aliphatic rings. The maximum absolute atomic E-state index is 13.1. The van der Waals surface area contributed by atoms with Gasteiger partial charge in [0.2, 0.25) is 10.0 Å². The largest absolute Gasteiger partial charge is 0.307 e. The van der Waals surface area contributed by atoms with Gasteiger partial charge in [0.1, 0.15) is 11.6 Å². The van der Waals surface area contributed by atoms with Crippen molar-refractivity contribution in [1.29, 1.82) is 0 Å². The molecule has 0 spiro atoms. The van der Waals surface area contributed by atoms with Crippen LogP contribution in [0, 0.1) is 10.6 Å². The molecule has 1 aromatic carbocycles. The summed E-state index contributed by atoms with van der Waals surface area (Å²) in [5.74, 6) is 1.12. The third-order valence-corrected chi connectivity index (χ3v) is 7.53. The van der Waals surface area contributed by atoms with E-state index in [-0.39, 0.29) is 4.90 Å². The van der Waals surface area contributed by atoms with Gasteiger partial charge in [-0.1, -0.05) is 0 Å². The first kappa shape index (κ1) is 18.7. The summed E-state index contributed by atoms with van der Waals surface area (Å²) in [4.78, 5) is 2.27. The fraction of sp³-hybridized carbons (Fsp3) is 0.529. The van der Waals surface area contributed by atoms with Gasteiger partial charge in [0.15, 0.2) is 4.77 Å². The van der Waals surface area contributed by atoms with E-state index in [2.05, 4.69) is 10.00 Å². The number of hydrogen-bond donors (Lipinski definition) is 0. The molecule has 27 heavy (non-hydrogen) atoms. The van der Waals surface area contributed by atoms with E-state index in [1.54, 1.807) is 0 Å². The van der Waals surface area contributed by atoms with Crippen molar-refractivity contribution in [2.24, 2.45) is 7.05 Å². The van der Waals surface area contributed by atoms with E-state index in [4.69, 9.17) is 12.2 Å². The molecule has 1 aliphatic heterocycles. The van der Waals surface area contributed by atoms with E-state index in [1.807, 2.05) is 16.3 Å². The zero-order chi connectivity index (χ0) is 19.2. The van der Waals surface area contributed by atoms with Gasteiger partial charge in [0.25, 0.3) is 0 Å². The predicted octanol–water partition coefficient (Wildman–Crippen LogP) is 1.93. The maximum atomic E-state index is 13.1. The fourth-order valence-electron chi connectivity index (χ4n) is 3.35. The standard InChI is InChI=1S/C17H22FN5O2S2/c1-20-16(13-2-3-13)19-23(17(20)26)12-21-8-10-22(11-9-21)27(24,25)15-6-4-14(18)5-7-15/h4-7,13H,2-3,8-12H2,1H3. The summed E-state index contributed by atoms with van der Waals surface area (Å²) in [5, 5.41) is 4.66. The van der Waals surface area contributed by atoms with Crippen LogP contribution in [0.4, 0.5) is 4.39 Å². The molecule has 1 aromatic heterocycles. The summed E-state index contributed by atoms with van der Waals surface area (Å²) in [5.41, 5.74) is 0. The molecule has 1 aliphatic carbocycles. The molecule has 4 rings (SSSR count). The fourth-order valence-corrected chi connectivity index (χ4v) is 4.96. The summed E-state index contributed by atoms with van der Waals surface area (Å²) in [6.45, 7) is 2.52. The van der Waals surface area contributed by atoms with Crippen LogP contribution in [-0.4, -0.2) is 58.1 Å². The van der Waals surface area contributed by atoms with Crippen molar-refractivity contribution < 1.29 is 12.8 Å². The zero-order valence-electron chi connectivity index (χ0n) is 15.1. The minimum atomic E-state index is -3.60. The van der Waals surface area contributed by atoms with Crippen LogP contribution in [0.25, 0.3) is 0 Å². The van der Waals surface area contributed by atoms with Crippen molar-refractivity contribution in [2.45, 2.75) is 30.3 Å². The molecule has 2 fully saturated rings. The first-order valence-corrected chi connectivity index (χ1v) is 10.8. The molecule has 1 saturated carbocycles. The molecule has 0 bridgehead atoms. The minimum Gasteiger partial charge on any atom is -0.307 e. The topological polar surface area (TPSA) is 63.4 Å². The second kappa shape index (κ2) is 7.08. The molecule has 7 nitrogen and oxygen atoms in total. The molecule has 10 heteroatoms. The lowest BCUT2D eigenvalue weighted by Crippen LogP contribution is -2.48. The normalized spacial score (nSPS) is 19.5. The Balaban J connectivity index is 1.41. The summed E-state index contributed by atoms with van der Waals surface area (Å²) in [7, 11) is -1.64. The van der Waals surface area contributed by atoms with Crippen LogP contribution >= 0.6 is 12.2 Å². The molecule has 0 radical (unpaired) electrons. The third kappa shape index (κ3) is 3.71. The SMILES string of the molecule is Cn1c(C2CC2)nn(CN2CCN(S(=O)(=O)c3ccc(F)cc3)CC2)c1=S. The second-order valence-electron chi connectivity index (χ2n) is 7.09. The molecule has 1 saturated heterocycles. The van der Waals surface area contributed by atoms with E-state index in [1.165, 1.54) is 41.4 Å². The predicted molar refractivity (Wildman–Crippen MR) is 101 cm³/mol. The molecular formula is C17H22FN5O2S2. The van der Waals surface area contributed by atoms with Crippen LogP contribution in [0.2, 0.25) is 0 Å². The average Bonchev–Trinajstić information content (AvgIpc) is 3.46. The lowest BCUT2D eigenvalue weighted by Gasteiger charge is -2.33. The highest BCUT2D eigenvalue weighted by Crippen LogP contribution is 2.38. The highest BCUT2D eigenvalue weighted by Gasteiger charge is 2.31. The lowest BCUT2D eigenvalue weighted by atomic mass is 10.4. The maximum Gasteiger partial charge on any atom is 0.243 e. The first-order chi connectivity index (χ1) is 12.9. The van der Waals surface area contributed by atoms with Crippen molar-refractivity contribution >= 4 is 22.2 Å². The van der Waals surface area contributed by atoms with Crippen LogP contribution in [0.5, 0.6) is 0 Å². The molecule has 2 heterocycles. The van der Waals surface area contributed by atoms with Crippen LogP contribution in [0.15, 0.2) is 29.2 Å². The number of nitrogens with zero attached hydrogens (tertiary/aromatic N) is 5. The minimum absolute atomic E-state index is 0.123. The van der Waals surface area contributed by atoms with Gasteiger partial charge in [-0.15, -0.1) is 0 Å². The van der Waals surface area contributed by atoms with Gasteiger partial charge in [-0.2, -0.15) is 9.40 Å². The van der Waals surface area contributed by atoms with Crippen LogP contribution in [0.3, 0.4) is 0 Å². The summed E-state index contributed by atoms with van der Waals surface area (Å²) >= 11 is 5.49. The number of sulfonamides is 1. The average molecular weight is 412 g/mol. The van der Waals surface area contributed by atoms with Crippen molar-refractivity contribution in [3.8, 4) is 0 Å². The van der Waals surface area contributed by atoms with Crippen LogP contribution in [0.1, 0.15) is 24.6 Å². The van der Waals surface area contributed by atoms with Gasteiger partial charge in [0, 0.05) is 39.1 Å². The molecule has 0 amide bonds. The van der Waals surface area contributed by atoms with Crippen molar-refractivity contribution in [3.63, 3.8) is 0 Å². The Morgan fingerprint density at radius 2 is 1.78 bits per heavy atom. The van der Waals surface area contributed by atoms with Gasteiger partial charge >= 0.3 is 0 Å². The van der Waals surface area contributed by atoms with E-state index >= 15 is 0 Å². The van der Waals surface area contributed by atoms with Crippen molar-refractivity contribution in [1.82, 2.24) is 23.6 Å². The highest BCUT2D eigenvalue weighted by molar-refractivity contribution is 7.89. The van der Waals surface area contributed by atoms with Gasteiger partial charge < -0.3 is 4.57 Å². The Morgan fingerprint density at radius 3 is 2.37 bits per heavy atom. The summed E-state index contributed by atoms with van der Waals surface area (Å²) in [6, 6.07) is 4.96. The monoisotopic (exact) mass is 411 g/mol. The quantitative estimate of drug-likeness (QED) is 0.704. The van der Waals surface area contributed by atoms with E-state index in [0.717, 1.165) is 5.82 Å². The summed E-state index contributed by atoms with van der Waals surface area (Å²) in [6.07, 6.45) is 2.33. The Hall–Kier alpha value is -1.62. The first-order valence-electron chi connectivity index (χ1n) is 8.98. The molecule has 2 aromatic rings. The second-order valence-corrected chi connectivity index (χ2v) is 9.39. The Morgan fingerprint density at radius 1 is 1.15 bits per heavy atom. The van der Waals surface area contributed by atoms with Gasteiger partial charge in [-0.3, -0.25) is 4.90 Å². The number of hydrogen-bond acceptors (Lipinski definition) is 5. The van der Waals surface area contributed by atoms with E-state index < -0.39 is 15.8 Å². The highest BCUT2D eigenvalue weighted by atomic mass is 32.2. The van der Waals surface area contributed by atoms with Crippen LogP contribution < -0.4 is 0 Å². The molecule has 0 unspecified atom stereocenters. The Kier molecular flexibility index (Phi) is 4.91. The number of piperazine rings is 1. The van der Waals surface area contributed by atoms with Crippen LogP contribution in [-0.2, 0) is 23.7 Å². The molecule has 0 atom stereocenters. The van der Waals surface area contributed by atoms with Gasteiger partial charge in [0.05, 0.1) is 11.6 Å². The number of benzene rings is 1. The van der Waals surface area contributed by atoms with Crippen molar-refractivity contribution in [2.75, 3.05) is 26.2 Å². The molecule has 0 N–H and O–H groups in total. The third-order valence-electron chi connectivity index (χ3n) is 5.13. The van der Waals surface area contributed by atoms with Gasteiger partial charge in [-0.25, -0.2) is 17.5 Å². The number of aromatic nitrogens is 3. The van der Waals surface area contributed by atoms with Crippen molar-refractivity contribution in [3.05, 3.63) is 40.7 Å². The molecule has 146 valence electrons. The number of rotatable bonds is 5. The lowest BCUT2D eigenvalue weighted by molar-refractivity contribution is 0.144. The number of halogens is 1. The summed E-state index contributed by atoms with van der Waals surface area (Å²) < 4.78 is 44.4. The van der Waals surface area contributed by atoms with Gasteiger partial charge in [-0.05, 0) is 49.3 Å². The zero-order valence-corrected chi connectivity index (χ0v) is 16.7. The smallest absolute Gasteiger partial charge is 0.243 e. The van der Waals surface area contributed by atoms with E-state index in [0.29, 0.717) is 43.5 Å². The Labute approximate surface area is 163 Å². The van der Waals surface area contributed by atoms with E-state index in [9.17, 15) is 12.8 Å².